The fourth-order valence-corrected chi connectivity index (χ4v) is 3.81. The number of aliphatic hydroxyl groups is 1. The second kappa shape index (κ2) is 10.3. The first-order valence-corrected chi connectivity index (χ1v) is 10.7. The summed E-state index contributed by atoms with van der Waals surface area (Å²) in [6.45, 7) is 8.18. The fourth-order valence-electron chi connectivity index (χ4n) is 3.27. The van der Waals surface area contributed by atoms with Gasteiger partial charge in [0.05, 0.1) is 31.3 Å². The van der Waals surface area contributed by atoms with Crippen molar-refractivity contribution in [2.24, 2.45) is 5.92 Å². The van der Waals surface area contributed by atoms with Crippen molar-refractivity contribution < 1.29 is 19.4 Å². The molecule has 7 heteroatoms. The molecule has 0 saturated heterocycles. The molecule has 1 aromatic heterocycles. The number of carbonyl (C=O) groups is 1. The third-order valence-corrected chi connectivity index (χ3v) is 5.13. The lowest BCUT2D eigenvalue weighted by Gasteiger charge is -2.23. The van der Waals surface area contributed by atoms with Crippen molar-refractivity contribution in [3.8, 4) is 5.75 Å². The van der Waals surface area contributed by atoms with Gasteiger partial charge in [0.2, 0.25) is 0 Å². The quantitative estimate of drug-likeness (QED) is 0.502. The number of ether oxygens (including phenoxy) is 2. The number of rotatable bonds is 9. The smallest absolute Gasteiger partial charge is 0.306 e. The molecule has 29 heavy (non-hydrogen) atoms. The molecule has 0 spiro atoms. The maximum Gasteiger partial charge on any atom is 0.306 e. The average molecular weight is 467 g/mol. The zero-order chi connectivity index (χ0) is 21.6. The van der Waals surface area contributed by atoms with Gasteiger partial charge in [0, 0.05) is 28.2 Å². The highest BCUT2D eigenvalue weighted by molar-refractivity contribution is 9.10. The van der Waals surface area contributed by atoms with E-state index in [4.69, 9.17) is 9.47 Å². The van der Waals surface area contributed by atoms with Gasteiger partial charge < -0.3 is 19.9 Å². The van der Waals surface area contributed by atoms with Crippen molar-refractivity contribution in [2.75, 3.05) is 19.0 Å². The lowest BCUT2D eigenvalue weighted by Crippen LogP contribution is -2.27. The Morgan fingerprint density at radius 1 is 1.34 bits per heavy atom. The minimum absolute atomic E-state index is 0.124. The molecule has 1 atom stereocenters. The van der Waals surface area contributed by atoms with Crippen LogP contribution in [0, 0.1) is 5.92 Å². The number of anilines is 1. The maximum absolute atomic E-state index is 12.3. The molecule has 0 bridgehead atoms. The van der Waals surface area contributed by atoms with E-state index in [1.54, 1.807) is 13.3 Å². The molecule has 0 aliphatic carbocycles. The summed E-state index contributed by atoms with van der Waals surface area (Å²) in [6.07, 6.45) is 3.89. The molecule has 160 valence electrons. The summed E-state index contributed by atoms with van der Waals surface area (Å²) in [5.74, 6) is 0.631. The Morgan fingerprint density at radius 3 is 2.66 bits per heavy atom. The number of aliphatic hydroxyl groups excluding tert-OH is 1. The predicted octanol–water partition coefficient (Wildman–Crippen LogP) is 5.06. The van der Waals surface area contributed by atoms with Crippen LogP contribution in [0.1, 0.15) is 52.5 Å². The number of pyridine rings is 1. The van der Waals surface area contributed by atoms with E-state index < -0.39 is 5.60 Å². The summed E-state index contributed by atoms with van der Waals surface area (Å²) in [7, 11) is 1.61. The molecular weight excluding hydrogens is 436 g/mol. The maximum atomic E-state index is 12.3. The van der Waals surface area contributed by atoms with Gasteiger partial charge in [0.15, 0.2) is 0 Å². The molecule has 1 heterocycles. The van der Waals surface area contributed by atoms with Crippen LogP contribution in [0.4, 0.5) is 5.69 Å². The van der Waals surface area contributed by atoms with Gasteiger partial charge in [0.1, 0.15) is 11.4 Å². The summed E-state index contributed by atoms with van der Waals surface area (Å²) in [5, 5.41) is 14.1. The normalized spacial score (nSPS) is 12.7. The zero-order valence-electron chi connectivity index (χ0n) is 17.8. The molecule has 2 aromatic rings. The van der Waals surface area contributed by atoms with Gasteiger partial charge in [-0.25, -0.2) is 0 Å². The van der Waals surface area contributed by atoms with Crippen molar-refractivity contribution in [1.29, 1.82) is 0 Å². The van der Waals surface area contributed by atoms with Crippen LogP contribution < -0.4 is 10.1 Å². The molecule has 0 radical (unpaired) electrons. The van der Waals surface area contributed by atoms with E-state index in [-0.39, 0.29) is 18.5 Å². The standard InChI is InChI=1S/C22H31BrN2O4/c1-6-7-14(8-19(27)29-22(2,3)4)11-24-20-15(13-26)12-25-21-17(20)9-16(28-5)10-18(21)23/h9-10,12,14,26H,6-8,11,13H2,1-5H3,(H,24,25). The first kappa shape index (κ1) is 23.4. The summed E-state index contributed by atoms with van der Waals surface area (Å²) >= 11 is 3.54. The fraction of sp³-hybridized carbons (Fsp3) is 0.545. The third kappa shape index (κ3) is 6.57. The molecule has 0 fully saturated rings. The van der Waals surface area contributed by atoms with Crippen LogP contribution in [-0.2, 0) is 16.1 Å². The molecule has 2 N–H and O–H groups in total. The lowest BCUT2D eigenvalue weighted by atomic mass is 9.99. The van der Waals surface area contributed by atoms with Crippen LogP contribution in [0.3, 0.4) is 0 Å². The Labute approximate surface area is 181 Å². The number of esters is 1. The number of nitrogens with one attached hydrogen (secondary N) is 1. The summed E-state index contributed by atoms with van der Waals surface area (Å²) in [5.41, 5.74) is 1.80. The number of hydrogen-bond acceptors (Lipinski definition) is 6. The molecular formula is C22H31BrN2O4. The number of carbonyl (C=O) groups excluding carboxylic acids is 1. The van der Waals surface area contributed by atoms with Crippen LogP contribution >= 0.6 is 15.9 Å². The van der Waals surface area contributed by atoms with E-state index in [2.05, 4.69) is 33.2 Å². The zero-order valence-corrected chi connectivity index (χ0v) is 19.4. The lowest BCUT2D eigenvalue weighted by molar-refractivity contribution is -0.155. The van der Waals surface area contributed by atoms with E-state index in [0.717, 1.165) is 33.9 Å². The SMILES string of the molecule is CCCC(CNc1c(CO)cnc2c(Br)cc(OC)cc12)CC(=O)OC(C)(C)C. The Bertz CT molecular complexity index is 849. The van der Waals surface area contributed by atoms with E-state index in [0.29, 0.717) is 24.3 Å². The van der Waals surface area contributed by atoms with E-state index in [1.807, 2.05) is 32.9 Å². The van der Waals surface area contributed by atoms with Crippen molar-refractivity contribution in [3.05, 3.63) is 28.4 Å². The molecule has 0 saturated carbocycles. The number of hydrogen-bond donors (Lipinski definition) is 2. The molecule has 1 aromatic carbocycles. The molecule has 0 aliphatic heterocycles. The minimum Gasteiger partial charge on any atom is -0.497 e. The van der Waals surface area contributed by atoms with Gasteiger partial charge in [-0.3, -0.25) is 9.78 Å². The number of aromatic nitrogens is 1. The molecule has 0 amide bonds. The second-order valence-corrected chi connectivity index (χ2v) is 9.00. The monoisotopic (exact) mass is 466 g/mol. The number of benzene rings is 1. The topological polar surface area (TPSA) is 80.7 Å². The minimum atomic E-state index is -0.491. The van der Waals surface area contributed by atoms with Crippen LogP contribution in [0.25, 0.3) is 10.9 Å². The molecule has 1 unspecified atom stereocenters. The number of fused-ring (bicyclic) bond motifs is 1. The van der Waals surface area contributed by atoms with E-state index in [9.17, 15) is 9.90 Å². The van der Waals surface area contributed by atoms with Crippen molar-refractivity contribution in [2.45, 2.75) is 59.2 Å². The molecule has 0 aliphatic rings. The Morgan fingerprint density at radius 2 is 2.07 bits per heavy atom. The Hall–Kier alpha value is -1.86. The van der Waals surface area contributed by atoms with Gasteiger partial charge in [-0.2, -0.15) is 0 Å². The first-order valence-electron chi connectivity index (χ1n) is 9.90. The van der Waals surface area contributed by atoms with E-state index in [1.165, 1.54) is 0 Å². The highest BCUT2D eigenvalue weighted by atomic mass is 79.9. The Balaban J connectivity index is 2.28. The highest BCUT2D eigenvalue weighted by Gasteiger charge is 2.21. The second-order valence-electron chi connectivity index (χ2n) is 8.15. The van der Waals surface area contributed by atoms with Crippen LogP contribution in [0.2, 0.25) is 0 Å². The number of halogens is 1. The van der Waals surface area contributed by atoms with Gasteiger partial charge in [-0.05, 0) is 61.2 Å². The van der Waals surface area contributed by atoms with Crippen LogP contribution in [0.15, 0.2) is 22.8 Å². The largest absolute Gasteiger partial charge is 0.497 e. The summed E-state index contributed by atoms with van der Waals surface area (Å²) < 4.78 is 11.7. The first-order chi connectivity index (χ1) is 13.7. The van der Waals surface area contributed by atoms with E-state index >= 15 is 0 Å². The van der Waals surface area contributed by atoms with Gasteiger partial charge in [-0.1, -0.05) is 13.3 Å². The summed E-state index contributed by atoms with van der Waals surface area (Å²) in [6, 6.07) is 3.76. The summed E-state index contributed by atoms with van der Waals surface area (Å²) in [4.78, 5) is 16.8. The van der Waals surface area contributed by atoms with Crippen LogP contribution in [0.5, 0.6) is 5.75 Å². The highest BCUT2D eigenvalue weighted by Crippen LogP contribution is 2.34. The number of nitrogens with zero attached hydrogens (tertiary/aromatic N) is 1. The molecule has 6 nitrogen and oxygen atoms in total. The van der Waals surface area contributed by atoms with Crippen molar-refractivity contribution >= 4 is 38.5 Å². The predicted molar refractivity (Wildman–Crippen MR) is 119 cm³/mol. The van der Waals surface area contributed by atoms with Gasteiger partial charge in [0.25, 0.3) is 0 Å². The van der Waals surface area contributed by atoms with Crippen LogP contribution in [-0.4, -0.2) is 35.3 Å². The average Bonchev–Trinajstić information content (AvgIpc) is 2.64. The number of methoxy groups -OCH3 is 1. The van der Waals surface area contributed by atoms with Gasteiger partial charge >= 0.3 is 5.97 Å². The van der Waals surface area contributed by atoms with Crippen molar-refractivity contribution in [1.82, 2.24) is 4.98 Å². The van der Waals surface area contributed by atoms with Crippen molar-refractivity contribution in [3.63, 3.8) is 0 Å². The third-order valence-electron chi connectivity index (χ3n) is 4.52. The Kier molecular flexibility index (Phi) is 8.28. The molecule has 2 rings (SSSR count). The van der Waals surface area contributed by atoms with Gasteiger partial charge in [-0.15, -0.1) is 0 Å².